The monoisotopic (exact) mass is 414 g/mol. The molecule has 0 radical (unpaired) electrons. The normalized spacial score (nSPS) is 11.6. The number of rotatable bonds is 7. The van der Waals surface area contributed by atoms with Gasteiger partial charge in [-0.1, -0.05) is 0 Å². The van der Waals surface area contributed by atoms with Gasteiger partial charge in [0, 0.05) is 34.5 Å². The summed E-state index contributed by atoms with van der Waals surface area (Å²) in [6.07, 6.45) is -0.895. The Labute approximate surface area is 170 Å². The standard InChI is InChI=1S/C20H18N2O4S2/c1-12(19(25)14-3-5-16(6-4-14)21-13(2)23)26-18(24)9-17-11-28-20(22-17)15-7-8-27-10-15/h3-8,10-12H,9H2,1-2H3,(H,21,23)/t12-/m0/s1. The quantitative estimate of drug-likeness (QED) is 0.463. The van der Waals surface area contributed by atoms with Gasteiger partial charge in [-0.15, -0.1) is 11.3 Å². The van der Waals surface area contributed by atoms with Crippen LogP contribution in [0, 0.1) is 0 Å². The molecule has 2 heterocycles. The van der Waals surface area contributed by atoms with E-state index in [1.54, 1.807) is 42.5 Å². The third-order valence-corrected chi connectivity index (χ3v) is 5.44. The summed E-state index contributed by atoms with van der Waals surface area (Å²) in [5.74, 6) is -0.997. The molecule has 0 fully saturated rings. The first-order valence-electron chi connectivity index (χ1n) is 8.50. The molecule has 0 bridgehead atoms. The molecule has 3 aromatic rings. The summed E-state index contributed by atoms with van der Waals surface area (Å²) in [6, 6.07) is 8.41. The lowest BCUT2D eigenvalue weighted by Gasteiger charge is -2.12. The molecule has 0 aliphatic rings. The number of esters is 1. The van der Waals surface area contributed by atoms with Gasteiger partial charge in [0.2, 0.25) is 11.7 Å². The van der Waals surface area contributed by atoms with E-state index < -0.39 is 12.1 Å². The highest BCUT2D eigenvalue weighted by Crippen LogP contribution is 2.26. The van der Waals surface area contributed by atoms with Crippen LogP contribution in [0.1, 0.15) is 29.9 Å². The van der Waals surface area contributed by atoms with Crippen LogP contribution in [0.2, 0.25) is 0 Å². The Bertz CT molecular complexity index is 978. The number of thiazole rings is 1. The summed E-state index contributed by atoms with van der Waals surface area (Å²) >= 11 is 3.06. The Morgan fingerprint density at radius 2 is 1.89 bits per heavy atom. The van der Waals surface area contributed by atoms with E-state index in [0.717, 1.165) is 10.6 Å². The number of ether oxygens (including phenoxy) is 1. The predicted octanol–water partition coefficient (Wildman–Crippen LogP) is 4.19. The van der Waals surface area contributed by atoms with Crippen molar-refractivity contribution in [2.24, 2.45) is 0 Å². The molecule has 2 aromatic heterocycles. The van der Waals surface area contributed by atoms with E-state index in [4.69, 9.17) is 4.74 Å². The third-order valence-electron chi connectivity index (χ3n) is 3.81. The molecule has 0 unspecified atom stereocenters. The van der Waals surface area contributed by atoms with Crippen LogP contribution in [-0.2, 0) is 20.7 Å². The molecule has 0 aliphatic heterocycles. The summed E-state index contributed by atoms with van der Waals surface area (Å²) in [7, 11) is 0. The van der Waals surface area contributed by atoms with Crippen molar-refractivity contribution in [1.82, 2.24) is 4.98 Å². The Hall–Kier alpha value is -2.84. The highest BCUT2D eigenvalue weighted by molar-refractivity contribution is 7.14. The molecule has 6 nitrogen and oxygen atoms in total. The van der Waals surface area contributed by atoms with Gasteiger partial charge in [-0.05, 0) is 42.6 Å². The highest BCUT2D eigenvalue weighted by Gasteiger charge is 2.20. The van der Waals surface area contributed by atoms with Gasteiger partial charge in [0.25, 0.3) is 0 Å². The van der Waals surface area contributed by atoms with Gasteiger partial charge >= 0.3 is 5.97 Å². The van der Waals surface area contributed by atoms with Crippen LogP contribution < -0.4 is 5.32 Å². The van der Waals surface area contributed by atoms with E-state index in [0.29, 0.717) is 16.9 Å². The fourth-order valence-electron chi connectivity index (χ4n) is 2.50. The maximum atomic E-state index is 12.4. The van der Waals surface area contributed by atoms with Gasteiger partial charge in [0.15, 0.2) is 6.10 Å². The molecule has 1 atom stereocenters. The number of nitrogens with zero attached hydrogens (tertiary/aromatic N) is 1. The van der Waals surface area contributed by atoms with E-state index in [1.165, 1.54) is 18.3 Å². The molecule has 1 amide bonds. The van der Waals surface area contributed by atoms with Gasteiger partial charge < -0.3 is 10.1 Å². The SMILES string of the molecule is CC(=O)Nc1ccc(C(=O)[C@H](C)OC(=O)Cc2csc(-c3ccsc3)n2)cc1. The smallest absolute Gasteiger partial charge is 0.312 e. The number of nitrogens with one attached hydrogen (secondary N) is 1. The number of carbonyl (C=O) groups excluding carboxylic acids is 3. The molecule has 0 aliphatic carbocycles. The Morgan fingerprint density at radius 3 is 2.54 bits per heavy atom. The van der Waals surface area contributed by atoms with Gasteiger partial charge in [0.05, 0.1) is 12.1 Å². The number of aromatic nitrogens is 1. The zero-order chi connectivity index (χ0) is 20.1. The summed E-state index contributed by atoms with van der Waals surface area (Å²) in [4.78, 5) is 40.1. The molecular weight excluding hydrogens is 396 g/mol. The first-order valence-corrected chi connectivity index (χ1v) is 10.3. The Balaban J connectivity index is 1.56. The van der Waals surface area contributed by atoms with Crippen molar-refractivity contribution in [3.63, 3.8) is 0 Å². The van der Waals surface area contributed by atoms with Crippen LogP contribution in [0.4, 0.5) is 5.69 Å². The van der Waals surface area contributed by atoms with Crippen LogP contribution >= 0.6 is 22.7 Å². The van der Waals surface area contributed by atoms with Crippen molar-refractivity contribution in [2.75, 3.05) is 5.32 Å². The lowest BCUT2D eigenvalue weighted by molar-refractivity contribution is -0.145. The van der Waals surface area contributed by atoms with E-state index in [2.05, 4.69) is 10.3 Å². The molecule has 0 saturated heterocycles. The number of hydrogen-bond acceptors (Lipinski definition) is 7. The number of anilines is 1. The lowest BCUT2D eigenvalue weighted by atomic mass is 10.1. The van der Waals surface area contributed by atoms with Crippen molar-refractivity contribution < 1.29 is 19.1 Å². The van der Waals surface area contributed by atoms with Gasteiger partial charge in [0.1, 0.15) is 5.01 Å². The van der Waals surface area contributed by atoms with E-state index >= 15 is 0 Å². The number of carbonyl (C=O) groups is 3. The minimum absolute atomic E-state index is 0.0136. The zero-order valence-corrected chi connectivity index (χ0v) is 16.9. The largest absolute Gasteiger partial charge is 0.454 e. The minimum atomic E-state index is -0.908. The molecule has 144 valence electrons. The number of hydrogen-bond donors (Lipinski definition) is 1. The zero-order valence-electron chi connectivity index (χ0n) is 15.3. The van der Waals surface area contributed by atoms with Crippen LogP contribution in [-0.4, -0.2) is 28.7 Å². The van der Waals surface area contributed by atoms with E-state index in [9.17, 15) is 14.4 Å². The maximum absolute atomic E-state index is 12.4. The molecule has 3 rings (SSSR count). The average Bonchev–Trinajstić information content (AvgIpc) is 3.32. The van der Waals surface area contributed by atoms with Gasteiger partial charge in [-0.2, -0.15) is 11.3 Å². The lowest BCUT2D eigenvalue weighted by Crippen LogP contribution is -2.25. The molecule has 28 heavy (non-hydrogen) atoms. The summed E-state index contributed by atoms with van der Waals surface area (Å²) in [5, 5.41) is 9.28. The first-order chi connectivity index (χ1) is 13.4. The Morgan fingerprint density at radius 1 is 1.14 bits per heavy atom. The number of amides is 1. The number of ketones is 1. The average molecular weight is 415 g/mol. The minimum Gasteiger partial charge on any atom is -0.454 e. The highest BCUT2D eigenvalue weighted by atomic mass is 32.1. The number of thiophene rings is 1. The summed E-state index contributed by atoms with van der Waals surface area (Å²) in [5.41, 5.74) is 2.65. The maximum Gasteiger partial charge on any atom is 0.312 e. The summed E-state index contributed by atoms with van der Waals surface area (Å²) < 4.78 is 5.27. The molecule has 1 N–H and O–H groups in total. The van der Waals surface area contributed by atoms with E-state index in [1.807, 2.05) is 22.2 Å². The molecular formula is C20H18N2O4S2. The Kier molecular flexibility index (Phi) is 6.33. The van der Waals surface area contributed by atoms with Crippen LogP contribution in [0.5, 0.6) is 0 Å². The second-order valence-electron chi connectivity index (χ2n) is 6.09. The topological polar surface area (TPSA) is 85.4 Å². The van der Waals surface area contributed by atoms with Crippen molar-refractivity contribution in [3.05, 3.63) is 57.7 Å². The van der Waals surface area contributed by atoms with Gasteiger partial charge in [-0.3, -0.25) is 14.4 Å². The molecule has 8 heteroatoms. The number of benzene rings is 1. The fraction of sp³-hybridized carbons (Fsp3) is 0.200. The predicted molar refractivity (Wildman–Crippen MR) is 110 cm³/mol. The molecule has 0 spiro atoms. The third kappa shape index (κ3) is 5.11. The summed E-state index contributed by atoms with van der Waals surface area (Å²) in [6.45, 7) is 2.95. The first kappa shape index (κ1) is 19.9. The van der Waals surface area contributed by atoms with Crippen molar-refractivity contribution in [2.45, 2.75) is 26.4 Å². The fourth-order valence-corrected chi connectivity index (χ4v) is 4.03. The van der Waals surface area contributed by atoms with Crippen molar-refractivity contribution in [3.8, 4) is 10.6 Å². The van der Waals surface area contributed by atoms with Gasteiger partial charge in [-0.25, -0.2) is 4.98 Å². The van der Waals surface area contributed by atoms with Crippen molar-refractivity contribution in [1.29, 1.82) is 0 Å². The second-order valence-corrected chi connectivity index (χ2v) is 7.73. The van der Waals surface area contributed by atoms with E-state index in [-0.39, 0.29) is 18.1 Å². The van der Waals surface area contributed by atoms with Crippen LogP contribution in [0.3, 0.4) is 0 Å². The molecule has 1 aromatic carbocycles. The molecule has 0 saturated carbocycles. The second kappa shape index (κ2) is 8.90. The number of Topliss-reactive ketones (excluding diaryl/α,β-unsaturated/α-hetero) is 1. The van der Waals surface area contributed by atoms with Crippen LogP contribution in [0.25, 0.3) is 10.6 Å². The van der Waals surface area contributed by atoms with Crippen molar-refractivity contribution >= 4 is 46.0 Å². The van der Waals surface area contributed by atoms with Crippen LogP contribution in [0.15, 0.2) is 46.5 Å².